The monoisotopic (exact) mass is 325 g/mol. The molecule has 0 radical (unpaired) electrons. The summed E-state index contributed by atoms with van der Waals surface area (Å²) in [6.45, 7) is 0. The largest absolute Gasteiger partial charge is 0.299 e. The molecule has 2 aliphatic carbocycles. The first kappa shape index (κ1) is 15.9. The molecule has 0 saturated heterocycles. The molecule has 2 unspecified atom stereocenters. The maximum atomic E-state index is 13.4. The van der Waals surface area contributed by atoms with Gasteiger partial charge in [-0.3, -0.25) is 4.79 Å². The summed E-state index contributed by atoms with van der Waals surface area (Å²) in [6.07, 6.45) is 9.87. The first-order chi connectivity index (χ1) is 11.7. The van der Waals surface area contributed by atoms with Gasteiger partial charge in [0.15, 0.2) is 7.05 Å². The van der Waals surface area contributed by atoms with Gasteiger partial charge in [0.1, 0.15) is 11.5 Å². The van der Waals surface area contributed by atoms with Crippen molar-refractivity contribution < 1.29 is 9.48 Å². The van der Waals surface area contributed by atoms with Gasteiger partial charge in [-0.1, -0.05) is 37.8 Å². The fourth-order valence-electron chi connectivity index (χ4n) is 5.24. The zero-order valence-electron chi connectivity index (χ0n) is 15.0. The van der Waals surface area contributed by atoms with Crippen LogP contribution in [0.3, 0.4) is 0 Å². The van der Waals surface area contributed by atoms with Crippen LogP contribution >= 0.6 is 0 Å². The van der Waals surface area contributed by atoms with E-state index in [1.165, 1.54) is 55.1 Å². The summed E-state index contributed by atoms with van der Waals surface area (Å²) >= 11 is 0. The Morgan fingerprint density at radius 2 is 1.75 bits per heavy atom. The van der Waals surface area contributed by atoms with Gasteiger partial charge >= 0.3 is 0 Å². The van der Waals surface area contributed by atoms with E-state index in [1.54, 1.807) is 0 Å². The second kappa shape index (κ2) is 6.34. The highest BCUT2D eigenvalue weighted by molar-refractivity contribution is 5.93. The lowest BCUT2D eigenvalue weighted by atomic mass is 9.68. The zero-order valence-corrected chi connectivity index (χ0v) is 15.0. The van der Waals surface area contributed by atoms with Crippen molar-refractivity contribution in [3.05, 3.63) is 30.0 Å². The van der Waals surface area contributed by atoms with Crippen molar-refractivity contribution in [2.75, 3.05) is 0 Å². The number of ketones is 1. The average Bonchev–Trinajstić information content (AvgIpc) is 2.88. The van der Waals surface area contributed by atoms with Gasteiger partial charge in [-0.15, -0.1) is 4.68 Å². The number of rotatable bonds is 2. The first-order valence-corrected chi connectivity index (χ1v) is 9.66. The Balaban J connectivity index is 1.71. The van der Waals surface area contributed by atoms with E-state index in [0.29, 0.717) is 17.6 Å². The molecule has 2 atom stereocenters. The number of carbonyl (C=O) groups is 1. The molecule has 0 bridgehead atoms. The van der Waals surface area contributed by atoms with Gasteiger partial charge in [0.05, 0.1) is 18.4 Å². The minimum absolute atomic E-state index is 0.0850. The van der Waals surface area contributed by atoms with E-state index < -0.39 is 0 Å². The van der Waals surface area contributed by atoms with Gasteiger partial charge in [0.25, 0.3) is 0 Å². The Morgan fingerprint density at radius 3 is 2.54 bits per heavy atom. The molecule has 2 aliphatic rings. The summed E-state index contributed by atoms with van der Waals surface area (Å²) in [7, 11) is 4.20. The predicted octanol–water partition coefficient (Wildman–Crippen LogP) is 4.04. The van der Waals surface area contributed by atoms with Crippen LogP contribution in [-0.2, 0) is 18.9 Å². The van der Waals surface area contributed by atoms with Crippen LogP contribution < -0.4 is 4.68 Å². The van der Waals surface area contributed by atoms with Crippen molar-refractivity contribution >= 4 is 16.7 Å². The molecule has 1 aromatic heterocycles. The molecule has 0 N–H and O–H groups in total. The van der Waals surface area contributed by atoms with Crippen LogP contribution in [0.4, 0.5) is 0 Å². The van der Waals surface area contributed by atoms with Crippen LogP contribution in [0.25, 0.3) is 10.9 Å². The first-order valence-electron chi connectivity index (χ1n) is 9.66. The maximum absolute atomic E-state index is 13.4. The average molecular weight is 325 g/mol. The van der Waals surface area contributed by atoms with Gasteiger partial charge in [-0.05, 0) is 37.7 Å². The molecule has 24 heavy (non-hydrogen) atoms. The molecule has 1 heterocycles. The summed E-state index contributed by atoms with van der Waals surface area (Å²) in [6, 6.07) is 8.52. The molecule has 3 nitrogen and oxygen atoms in total. The Labute approximate surface area is 144 Å². The number of carbonyl (C=O) groups excluding carboxylic acids is 1. The maximum Gasteiger partial charge on any atom is 0.238 e. The number of benzene rings is 1. The summed E-state index contributed by atoms with van der Waals surface area (Å²) in [5, 5.41) is 1.25. The number of Topliss-reactive ketones (excluding diaryl/α,β-unsaturated/α-hetero) is 1. The summed E-state index contributed by atoms with van der Waals surface area (Å²) in [5.74, 6) is 1.57. The number of hydrogen-bond donors (Lipinski definition) is 0. The van der Waals surface area contributed by atoms with Gasteiger partial charge in [-0.25, -0.2) is 0 Å². The lowest BCUT2D eigenvalue weighted by Crippen LogP contribution is -2.40. The molecular formula is C21H29N2O+. The van der Waals surface area contributed by atoms with E-state index in [0.717, 1.165) is 12.8 Å². The highest BCUT2D eigenvalue weighted by atomic mass is 16.1. The summed E-state index contributed by atoms with van der Waals surface area (Å²) in [4.78, 5) is 13.4. The van der Waals surface area contributed by atoms with Crippen molar-refractivity contribution in [3.63, 3.8) is 0 Å². The van der Waals surface area contributed by atoms with Crippen LogP contribution in [0.1, 0.15) is 63.0 Å². The van der Waals surface area contributed by atoms with Crippen LogP contribution in [0.15, 0.2) is 24.3 Å². The Morgan fingerprint density at radius 1 is 1.00 bits per heavy atom. The molecule has 128 valence electrons. The molecule has 1 aromatic carbocycles. The third kappa shape index (κ3) is 2.49. The molecule has 2 aromatic rings. The predicted molar refractivity (Wildman–Crippen MR) is 95.8 cm³/mol. The van der Waals surface area contributed by atoms with Crippen molar-refractivity contribution in [1.82, 2.24) is 4.68 Å². The fourth-order valence-corrected chi connectivity index (χ4v) is 5.24. The van der Waals surface area contributed by atoms with Crippen LogP contribution in [0.2, 0.25) is 0 Å². The highest BCUT2D eigenvalue weighted by Gasteiger charge is 2.40. The fraction of sp³-hybridized carbons (Fsp3) is 0.619. The summed E-state index contributed by atoms with van der Waals surface area (Å²) < 4.78 is 4.39. The molecule has 2 fully saturated rings. The lowest BCUT2D eigenvalue weighted by molar-refractivity contribution is -0.728. The van der Waals surface area contributed by atoms with Crippen LogP contribution in [0, 0.1) is 11.8 Å². The van der Waals surface area contributed by atoms with Gasteiger partial charge in [0.2, 0.25) is 5.52 Å². The number of fused-ring (bicyclic) bond motifs is 1. The lowest BCUT2D eigenvalue weighted by Gasteiger charge is -2.35. The van der Waals surface area contributed by atoms with E-state index >= 15 is 0 Å². The van der Waals surface area contributed by atoms with E-state index in [9.17, 15) is 4.79 Å². The standard InChI is InChI=1S/C21H29N2O/c1-22-19-14-7-6-11-17(19)20(23(22)2)18-13-8-12-16(21(18)24)15-9-4-3-5-10-15/h6-7,11,14-16,18H,3-5,8-10,12-13H2,1-2H3/q+1. The molecule has 0 aliphatic heterocycles. The second-order valence-electron chi connectivity index (χ2n) is 7.84. The minimum Gasteiger partial charge on any atom is -0.299 e. The second-order valence-corrected chi connectivity index (χ2v) is 7.84. The van der Waals surface area contributed by atoms with Crippen LogP contribution in [-0.4, -0.2) is 10.5 Å². The van der Waals surface area contributed by atoms with E-state index in [4.69, 9.17) is 0 Å². The third-order valence-electron chi connectivity index (χ3n) is 6.59. The van der Waals surface area contributed by atoms with Crippen molar-refractivity contribution in [1.29, 1.82) is 0 Å². The highest BCUT2D eigenvalue weighted by Crippen LogP contribution is 2.42. The normalized spacial score (nSPS) is 26.2. The molecular weight excluding hydrogens is 296 g/mol. The minimum atomic E-state index is 0.0850. The number of para-hydroxylation sites is 1. The molecule has 4 rings (SSSR count). The quantitative estimate of drug-likeness (QED) is 0.765. The Hall–Kier alpha value is -1.64. The van der Waals surface area contributed by atoms with Gasteiger partial charge < -0.3 is 0 Å². The van der Waals surface area contributed by atoms with Crippen molar-refractivity contribution in [2.24, 2.45) is 25.9 Å². The number of hydrogen-bond acceptors (Lipinski definition) is 1. The molecule has 0 spiro atoms. The number of aromatic nitrogens is 2. The molecule has 3 heteroatoms. The number of aryl methyl sites for hydroxylation is 1. The Kier molecular flexibility index (Phi) is 4.19. The van der Waals surface area contributed by atoms with E-state index in [-0.39, 0.29) is 5.92 Å². The van der Waals surface area contributed by atoms with Gasteiger partial charge in [-0.2, -0.15) is 4.68 Å². The van der Waals surface area contributed by atoms with Crippen molar-refractivity contribution in [2.45, 2.75) is 57.3 Å². The number of nitrogens with zero attached hydrogens (tertiary/aromatic N) is 2. The zero-order chi connectivity index (χ0) is 16.7. The van der Waals surface area contributed by atoms with Crippen molar-refractivity contribution in [3.8, 4) is 0 Å². The van der Waals surface area contributed by atoms with Gasteiger partial charge in [0, 0.05) is 12.0 Å². The third-order valence-corrected chi connectivity index (χ3v) is 6.59. The smallest absolute Gasteiger partial charge is 0.238 e. The topological polar surface area (TPSA) is 25.9 Å². The molecule has 0 amide bonds. The Bertz CT molecular complexity index is 755. The van der Waals surface area contributed by atoms with E-state index in [1.807, 2.05) is 0 Å². The van der Waals surface area contributed by atoms with Crippen LogP contribution in [0.5, 0.6) is 0 Å². The molecule has 2 saturated carbocycles. The SMILES string of the molecule is Cn1c(C2CCCC(C3CCCCC3)C2=O)c2ccccc2[n+]1C. The van der Waals surface area contributed by atoms with E-state index in [2.05, 4.69) is 47.7 Å². The summed E-state index contributed by atoms with van der Waals surface area (Å²) in [5.41, 5.74) is 2.46.